The average molecular weight is 355 g/mol. The van der Waals surface area contributed by atoms with Gasteiger partial charge in [0, 0.05) is 12.7 Å². The van der Waals surface area contributed by atoms with E-state index in [1.54, 1.807) is 25.2 Å². The number of fused-ring (bicyclic) bond motifs is 1. The maximum atomic E-state index is 12.8. The zero-order valence-electron chi connectivity index (χ0n) is 14.1. The number of anilines is 1. The van der Waals surface area contributed by atoms with Crippen molar-refractivity contribution in [2.45, 2.75) is 0 Å². The Morgan fingerprint density at radius 2 is 1.76 bits per heavy atom. The summed E-state index contributed by atoms with van der Waals surface area (Å²) in [4.78, 5) is 27.3. The van der Waals surface area contributed by atoms with Crippen LogP contribution in [0.2, 0.25) is 0 Å². The van der Waals surface area contributed by atoms with Crippen molar-refractivity contribution in [3.63, 3.8) is 0 Å². The van der Waals surface area contributed by atoms with Crippen LogP contribution in [-0.2, 0) is 0 Å². The third kappa shape index (κ3) is 3.08. The number of carbonyl (C=O) groups is 1. The molecule has 5 nitrogen and oxygen atoms in total. The van der Waals surface area contributed by atoms with E-state index in [0.717, 1.165) is 17.0 Å². The zero-order valence-corrected chi connectivity index (χ0v) is 14.9. The smallest absolute Gasteiger partial charge is 0.268 e. The highest BCUT2D eigenvalue weighted by atomic mass is 32.1. The molecule has 128 valence electrons. The van der Waals surface area contributed by atoms with Crippen LogP contribution in [0.3, 0.4) is 0 Å². The molecule has 3 aromatic rings. The number of hydrogen-bond acceptors (Lipinski definition) is 5. The zero-order chi connectivity index (χ0) is 18.0. The van der Waals surface area contributed by atoms with Crippen molar-refractivity contribution in [3.05, 3.63) is 62.9 Å². The Hall–Kier alpha value is -2.86. The van der Waals surface area contributed by atoms with E-state index >= 15 is 0 Å². The van der Waals surface area contributed by atoms with Crippen molar-refractivity contribution in [1.29, 1.82) is 0 Å². The first-order valence-corrected chi connectivity index (χ1v) is 8.40. The van der Waals surface area contributed by atoms with E-state index in [9.17, 15) is 9.59 Å². The van der Waals surface area contributed by atoms with Crippen molar-refractivity contribution in [2.75, 3.05) is 26.2 Å². The maximum absolute atomic E-state index is 12.8. The summed E-state index contributed by atoms with van der Waals surface area (Å²) in [5.41, 5.74) is 0.763. The van der Waals surface area contributed by atoms with Crippen LogP contribution >= 0.6 is 11.3 Å². The molecule has 1 amide bonds. The van der Waals surface area contributed by atoms with E-state index < -0.39 is 0 Å². The summed E-state index contributed by atoms with van der Waals surface area (Å²) in [6.45, 7) is 0. The quantitative estimate of drug-likeness (QED) is 0.718. The molecule has 0 atom stereocenters. The van der Waals surface area contributed by atoms with Gasteiger partial charge >= 0.3 is 0 Å². The molecular formula is C19H17NO4S. The Balaban J connectivity index is 2.10. The summed E-state index contributed by atoms with van der Waals surface area (Å²) in [5, 5.41) is 1.07. The Morgan fingerprint density at radius 1 is 1.04 bits per heavy atom. The molecule has 2 aromatic carbocycles. The largest absolute Gasteiger partial charge is 0.493 e. The molecule has 0 unspecified atom stereocenters. The number of nitrogens with zero attached hydrogens (tertiary/aromatic N) is 1. The van der Waals surface area contributed by atoms with Gasteiger partial charge in [-0.25, -0.2) is 0 Å². The van der Waals surface area contributed by atoms with Crippen LogP contribution in [0.1, 0.15) is 9.67 Å². The van der Waals surface area contributed by atoms with Crippen LogP contribution in [-0.4, -0.2) is 27.2 Å². The van der Waals surface area contributed by atoms with Crippen molar-refractivity contribution >= 4 is 33.7 Å². The molecule has 0 spiro atoms. The second-order valence-corrected chi connectivity index (χ2v) is 6.38. The van der Waals surface area contributed by atoms with Gasteiger partial charge in [0.1, 0.15) is 0 Å². The predicted molar refractivity (Wildman–Crippen MR) is 100 cm³/mol. The van der Waals surface area contributed by atoms with Gasteiger partial charge in [0.05, 0.1) is 24.5 Å². The number of para-hydroxylation sites is 1. The number of carbonyl (C=O) groups excluding carboxylic acids is 1. The first-order valence-electron chi connectivity index (χ1n) is 7.58. The van der Waals surface area contributed by atoms with Gasteiger partial charge in [0.2, 0.25) is 4.74 Å². The first-order chi connectivity index (χ1) is 12.1. The third-order valence-corrected chi connectivity index (χ3v) is 4.83. The van der Waals surface area contributed by atoms with Gasteiger partial charge in [0.15, 0.2) is 11.5 Å². The minimum atomic E-state index is -0.238. The SMILES string of the molecule is COc1ccc2cc(C(=O)N(C)c3ccccc3)sc(=O)c2c1OC. The van der Waals surface area contributed by atoms with Gasteiger partial charge in [0.25, 0.3) is 5.91 Å². The summed E-state index contributed by atoms with van der Waals surface area (Å²) in [5.74, 6) is 0.640. The van der Waals surface area contributed by atoms with Crippen LogP contribution in [0, 0.1) is 0 Å². The van der Waals surface area contributed by atoms with Gasteiger partial charge < -0.3 is 14.4 Å². The second-order valence-electron chi connectivity index (χ2n) is 5.36. The molecule has 25 heavy (non-hydrogen) atoms. The van der Waals surface area contributed by atoms with Gasteiger partial charge in [-0.15, -0.1) is 0 Å². The minimum absolute atomic E-state index is 0.231. The van der Waals surface area contributed by atoms with Crippen molar-refractivity contribution in [2.24, 2.45) is 0 Å². The van der Waals surface area contributed by atoms with Crippen molar-refractivity contribution in [1.82, 2.24) is 0 Å². The molecule has 0 aliphatic heterocycles. The average Bonchev–Trinajstić information content (AvgIpc) is 2.66. The summed E-state index contributed by atoms with van der Waals surface area (Å²) in [6.07, 6.45) is 0. The topological polar surface area (TPSA) is 55.8 Å². The molecule has 1 aromatic heterocycles. The van der Waals surface area contributed by atoms with E-state index in [2.05, 4.69) is 0 Å². The Labute approximate surface area is 149 Å². The van der Waals surface area contributed by atoms with Crippen LogP contribution in [0.5, 0.6) is 11.5 Å². The van der Waals surface area contributed by atoms with Crippen molar-refractivity contribution in [3.8, 4) is 11.5 Å². The maximum Gasteiger partial charge on any atom is 0.268 e. The fourth-order valence-electron chi connectivity index (χ4n) is 2.63. The van der Waals surface area contributed by atoms with E-state index in [1.165, 1.54) is 19.1 Å². The summed E-state index contributed by atoms with van der Waals surface area (Å²) >= 11 is 0.904. The molecule has 0 radical (unpaired) electrons. The molecule has 0 fully saturated rings. The molecule has 0 saturated heterocycles. The molecule has 6 heteroatoms. The normalized spacial score (nSPS) is 10.5. The van der Waals surface area contributed by atoms with Crippen LogP contribution < -0.4 is 19.1 Å². The minimum Gasteiger partial charge on any atom is -0.493 e. The lowest BCUT2D eigenvalue weighted by Gasteiger charge is -2.17. The highest BCUT2D eigenvalue weighted by Gasteiger charge is 2.19. The van der Waals surface area contributed by atoms with E-state index in [0.29, 0.717) is 27.1 Å². The molecule has 0 N–H and O–H groups in total. The number of rotatable bonds is 4. The number of ether oxygens (including phenoxy) is 2. The summed E-state index contributed by atoms with van der Waals surface area (Å²) in [7, 11) is 4.70. The molecule has 3 rings (SSSR count). The van der Waals surface area contributed by atoms with Crippen LogP contribution in [0.25, 0.3) is 10.8 Å². The molecule has 0 bridgehead atoms. The summed E-state index contributed by atoms with van der Waals surface area (Å²) < 4.78 is 10.3. The van der Waals surface area contributed by atoms with Crippen LogP contribution in [0.4, 0.5) is 5.69 Å². The van der Waals surface area contributed by atoms with Gasteiger partial charge in [-0.1, -0.05) is 35.6 Å². The second kappa shape index (κ2) is 6.94. The number of amides is 1. The van der Waals surface area contributed by atoms with Gasteiger partial charge in [-0.05, 0) is 29.7 Å². The summed E-state index contributed by atoms with van der Waals surface area (Å²) in [6, 6.07) is 14.5. The number of benzene rings is 2. The van der Waals surface area contributed by atoms with E-state index in [4.69, 9.17) is 9.47 Å². The van der Waals surface area contributed by atoms with E-state index in [1.807, 2.05) is 30.3 Å². The molecule has 0 aliphatic carbocycles. The fraction of sp³-hybridized carbons (Fsp3) is 0.158. The highest BCUT2D eigenvalue weighted by Crippen LogP contribution is 2.34. The van der Waals surface area contributed by atoms with Gasteiger partial charge in [-0.3, -0.25) is 9.59 Å². The third-order valence-electron chi connectivity index (χ3n) is 3.93. The lowest BCUT2D eigenvalue weighted by Crippen LogP contribution is -2.26. The number of hydrogen-bond donors (Lipinski definition) is 0. The van der Waals surface area contributed by atoms with Gasteiger partial charge in [-0.2, -0.15) is 0 Å². The fourth-order valence-corrected chi connectivity index (χ4v) is 3.56. The molecule has 1 heterocycles. The number of methoxy groups -OCH3 is 2. The standard InChI is InChI=1S/C19H17NO4S/c1-20(13-7-5-4-6-8-13)18(21)15-11-12-9-10-14(23-2)17(24-3)16(12)19(22)25-15/h4-11H,1-3H3. The Bertz CT molecular complexity index is 982. The van der Waals surface area contributed by atoms with Crippen molar-refractivity contribution < 1.29 is 14.3 Å². The molecule has 0 saturated carbocycles. The molecular weight excluding hydrogens is 338 g/mol. The van der Waals surface area contributed by atoms with Crippen LogP contribution in [0.15, 0.2) is 53.3 Å². The predicted octanol–water partition coefficient (Wildman–Crippen LogP) is 3.56. The highest BCUT2D eigenvalue weighted by molar-refractivity contribution is 7.12. The molecule has 0 aliphatic rings. The monoisotopic (exact) mass is 355 g/mol. The lowest BCUT2D eigenvalue weighted by atomic mass is 10.1. The van der Waals surface area contributed by atoms with E-state index in [-0.39, 0.29) is 10.6 Å². The lowest BCUT2D eigenvalue weighted by molar-refractivity contribution is 0.0997. The first kappa shape index (κ1) is 17.0. The Morgan fingerprint density at radius 3 is 2.40 bits per heavy atom. The Kier molecular flexibility index (Phi) is 4.72.